The number of carbonyl (C=O) groups is 3. The van der Waals surface area contributed by atoms with Crippen molar-refractivity contribution < 1.29 is 14.4 Å². The number of amides is 3. The average Bonchev–Trinajstić information content (AvgIpc) is 2.84. The summed E-state index contributed by atoms with van der Waals surface area (Å²) in [5.74, 6) is -0.358. The molecule has 3 amide bonds. The molecular formula is C26H34N4O3. The smallest absolute Gasteiger partial charge is 0.251 e. The first-order chi connectivity index (χ1) is 16.0. The summed E-state index contributed by atoms with van der Waals surface area (Å²) in [5, 5.41) is 11.8. The van der Waals surface area contributed by atoms with Crippen LogP contribution in [0.15, 0.2) is 48.5 Å². The van der Waals surface area contributed by atoms with Gasteiger partial charge in [-0.1, -0.05) is 32.6 Å². The molecule has 1 aliphatic carbocycles. The van der Waals surface area contributed by atoms with Crippen molar-refractivity contribution in [2.24, 2.45) is 0 Å². The first-order valence-electron chi connectivity index (χ1n) is 11.9. The van der Waals surface area contributed by atoms with Crippen molar-refractivity contribution in [3.8, 4) is 0 Å². The topological polar surface area (TPSA) is 99.3 Å². The molecule has 1 fully saturated rings. The molecule has 0 aliphatic heterocycles. The number of carbonyl (C=O) groups excluding carboxylic acids is 3. The van der Waals surface area contributed by atoms with Gasteiger partial charge in [0.05, 0.1) is 6.54 Å². The zero-order valence-electron chi connectivity index (χ0n) is 19.3. The molecule has 3 rings (SSSR count). The van der Waals surface area contributed by atoms with E-state index in [-0.39, 0.29) is 30.3 Å². The molecule has 1 saturated carbocycles. The number of hydrogen-bond donors (Lipinski definition) is 4. The first kappa shape index (κ1) is 24.3. The number of hydrogen-bond acceptors (Lipinski definition) is 4. The Kier molecular flexibility index (Phi) is 9.30. The van der Waals surface area contributed by atoms with Crippen molar-refractivity contribution in [3.05, 3.63) is 59.7 Å². The van der Waals surface area contributed by atoms with Crippen LogP contribution in [0.1, 0.15) is 72.6 Å². The maximum absolute atomic E-state index is 12.4. The molecule has 33 heavy (non-hydrogen) atoms. The molecule has 1 aliphatic rings. The fraction of sp³-hybridized carbons (Fsp3) is 0.423. The van der Waals surface area contributed by atoms with E-state index in [9.17, 15) is 14.4 Å². The average molecular weight is 451 g/mol. The standard InChI is InChI=1S/C26H34N4O3/c1-2-3-17-27-25(32)19-9-13-21(14-10-19)28-18-24(31)29-23-15-11-20(12-16-23)26(33)30-22-7-5-4-6-8-22/h9-16,22,28H,2-8,17-18H2,1H3,(H,27,32)(H,29,31)(H,30,33). The third-order valence-corrected chi connectivity index (χ3v) is 5.79. The molecule has 0 heterocycles. The summed E-state index contributed by atoms with van der Waals surface area (Å²) in [6, 6.07) is 14.2. The van der Waals surface area contributed by atoms with Gasteiger partial charge in [0.15, 0.2) is 0 Å². The highest BCUT2D eigenvalue weighted by Crippen LogP contribution is 2.18. The molecule has 0 aromatic heterocycles. The fourth-order valence-electron chi connectivity index (χ4n) is 3.83. The monoisotopic (exact) mass is 450 g/mol. The van der Waals surface area contributed by atoms with E-state index in [1.54, 1.807) is 48.5 Å². The van der Waals surface area contributed by atoms with E-state index in [1.165, 1.54) is 19.3 Å². The van der Waals surface area contributed by atoms with Gasteiger partial charge in [-0.05, 0) is 67.8 Å². The lowest BCUT2D eigenvalue weighted by Crippen LogP contribution is -2.36. The lowest BCUT2D eigenvalue weighted by atomic mass is 9.95. The lowest BCUT2D eigenvalue weighted by Gasteiger charge is -2.22. The number of nitrogens with one attached hydrogen (secondary N) is 4. The predicted molar refractivity (Wildman–Crippen MR) is 132 cm³/mol. The van der Waals surface area contributed by atoms with Crippen LogP contribution < -0.4 is 21.3 Å². The Balaban J connectivity index is 1.42. The molecular weight excluding hydrogens is 416 g/mol. The third kappa shape index (κ3) is 7.93. The normalized spacial score (nSPS) is 13.7. The van der Waals surface area contributed by atoms with Crippen molar-refractivity contribution in [1.29, 1.82) is 0 Å². The van der Waals surface area contributed by atoms with Crippen LogP contribution in [0.25, 0.3) is 0 Å². The quantitative estimate of drug-likeness (QED) is 0.405. The van der Waals surface area contributed by atoms with Crippen molar-refractivity contribution in [2.45, 2.75) is 57.9 Å². The summed E-state index contributed by atoms with van der Waals surface area (Å²) in [5.41, 5.74) is 2.57. The zero-order chi connectivity index (χ0) is 23.5. The molecule has 0 spiro atoms. The Hall–Kier alpha value is -3.35. The van der Waals surface area contributed by atoms with Crippen LogP contribution in [0.3, 0.4) is 0 Å². The van der Waals surface area contributed by atoms with Gasteiger partial charge in [0, 0.05) is 35.1 Å². The molecule has 0 bridgehead atoms. The Labute approximate surface area is 195 Å². The first-order valence-corrected chi connectivity index (χ1v) is 11.9. The molecule has 4 N–H and O–H groups in total. The largest absolute Gasteiger partial charge is 0.376 e. The van der Waals surface area contributed by atoms with E-state index in [1.807, 2.05) is 0 Å². The van der Waals surface area contributed by atoms with E-state index >= 15 is 0 Å². The summed E-state index contributed by atoms with van der Waals surface area (Å²) >= 11 is 0. The zero-order valence-corrected chi connectivity index (χ0v) is 19.3. The highest BCUT2D eigenvalue weighted by Gasteiger charge is 2.16. The predicted octanol–water partition coefficient (Wildman–Crippen LogP) is 4.33. The van der Waals surface area contributed by atoms with E-state index in [4.69, 9.17) is 0 Å². The maximum atomic E-state index is 12.4. The maximum Gasteiger partial charge on any atom is 0.251 e. The van der Waals surface area contributed by atoms with Gasteiger partial charge in [0.25, 0.3) is 11.8 Å². The van der Waals surface area contributed by atoms with Crippen LogP contribution in [0, 0.1) is 0 Å². The van der Waals surface area contributed by atoms with Gasteiger partial charge >= 0.3 is 0 Å². The van der Waals surface area contributed by atoms with Crippen LogP contribution in [-0.2, 0) is 4.79 Å². The van der Waals surface area contributed by atoms with Crippen LogP contribution in [0.5, 0.6) is 0 Å². The second-order valence-corrected chi connectivity index (χ2v) is 8.47. The number of benzene rings is 2. The van der Waals surface area contributed by atoms with Gasteiger partial charge < -0.3 is 21.3 Å². The summed E-state index contributed by atoms with van der Waals surface area (Å²) in [7, 11) is 0. The molecule has 2 aromatic carbocycles. The SMILES string of the molecule is CCCCNC(=O)c1ccc(NCC(=O)Nc2ccc(C(=O)NC3CCCCC3)cc2)cc1. The third-order valence-electron chi connectivity index (χ3n) is 5.79. The molecule has 7 heteroatoms. The van der Waals surface area contributed by atoms with Gasteiger partial charge in [-0.3, -0.25) is 14.4 Å². The van der Waals surface area contributed by atoms with Crippen LogP contribution in [-0.4, -0.2) is 36.9 Å². The van der Waals surface area contributed by atoms with Gasteiger partial charge in [-0.2, -0.15) is 0 Å². The van der Waals surface area contributed by atoms with E-state index in [0.29, 0.717) is 23.4 Å². The number of rotatable bonds is 10. The Morgan fingerprint density at radius 2 is 1.42 bits per heavy atom. The summed E-state index contributed by atoms with van der Waals surface area (Å²) in [6.07, 6.45) is 7.66. The van der Waals surface area contributed by atoms with Crippen LogP contribution in [0.2, 0.25) is 0 Å². The fourth-order valence-corrected chi connectivity index (χ4v) is 3.83. The molecule has 0 atom stereocenters. The minimum absolute atomic E-state index is 0.0658. The summed E-state index contributed by atoms with van der Waals surface area (Å²) in [4.78, 5) is 36.7. The van der Waals surface area contributed by atoms with Crippen LogP contribution in [0.4, 0.5) is 11.4 Å². The Morgan fingerprint density at radius 3 is 2.06 bits per heavy atom. The van der Waals surface area contributed by atoms with Crippen molar-refractivity contribution in [3.63, 3.8) is 0 Å². The van der Waals surface area contributed by atoms with Crippen molar-refractivity contribution in [1.82, 2.24) is 10.6 Å². The van der Waals surface area contributed by atoms with E-state index in [2.05, 4.69) is 28.2 Å². The molecule has 0 saturated heterocycles. The van der Waals surface area contributed by atoms with E-state index in [0.717, 1.165) is 31.4 Å². The highest BCUT2D eigenvalue weighted by atomic mass is 16.2. The minimum Gasteiger partial charge on any atom is -0.376 e. The summed E-state index contributed by atoms with van der Waals surface area (Å²) in [6.45, 7) is 2.84. The van der Waals surface area contributed by atoms with Crippen molar-refractivity contribution >= 4 is 29.1 Å². The molecule has 2 aromatic rings. The number of anilines is 2. The van der Waals surface area contributed by atoms with E-state index < -0.39 is 0 Å². The highest BCUT2D eigenvalue weighted by molar-refractivity contribution is 5.97. The Morgan fingerprint density at radius 1 is 0.818 bits per heavy atom. The van der Waals surface area contributed by atoms with Gasteiger partial charge in [0.2, 0.25) is 5.91 Å². The molecule has 7 nitrogen and oxygen atoms in total. The molecule has 0 radical (unpaired) electrons. The lowest BCUT2D eigenvalue weighted by molar-refractivity contribution is -0.114. The van der Waals surface area contributed by atoms with Gasteiger partial charge in [-0.25, -0.2) is 0 Å². The minimum atomic E-state index is -0.198. The van der Waals surface area contributed by atoms with Gasteiger partial charge in [0.1, 0.15) is 0 Å². The summed E-state index contributed by atoms with van der Waals surface area (Å²) < 4.78 is 0. The van der Waals surface area contributed by atoms with Crippen LogP contribution >= 0.6 is 0 Å². The molecule has 176 valence electrons. The van der Waals surface area contributed by atoms with Crippen molar-refractivity contribution in [2.75, 3.05) is 23.7 Å². The Bertz CT molecular complexity index is 920. The second kappa shape index (κ2) is 12.6. The second-order valence-electron chi connectivity index (χ2n) is 8.47. The number of unbranched alkanes of at least 4 members (excludes halogenated alkanes) is 1. The molecule has 0 unspecified atom stereocenters. The van der Waals surface area contributed by atoms with Gasteiger partial charge in [-0.15, -0.1) is 0 Å².